The Bertz CT molecular complexity index is 1750. The van der Waals surface area contributed by atoms with Crippen LogP contribution < -0.4 is 8.92 Å². The number of benzene rings is 3. The van der Waals surface area contributed by atoms with Gasteiger partial charge in [0.25, 0.3) is 16.8 Å². The third-order valence-electron chi connectivity index (χ3n) is 6.67. The Morgan fingerprint density at radius 2 is 1.76 bits per heavy atom. The molecule has 12 nitrogen and oxygen atoms in total. The highest BCUT2D eigenvalue weighted by Crippen LogP contribution is 2.36. The molecule has 2 aliphatic rings. The first-order chi connectivity index (χ1) is 20.1. The van der Waals surface area contributed by atoms with Gasteiger partial charge in [0.1, 0.15) is 6.54 Å². The van der Waals surface area contributed by atoms with Crippen LogP contribution in [0.1, 0.15) is 16.7 Å². The van der Waals surface area contributed by atoms with Crippen molar-refractivity contribution in [3.63, 3.8) is 0 Å². The quantitative estimate of drug-likeness (QED) is 0.159. The Balaban J connectivity index is 1.31. The van der Waals surface area contributed by atoms with Gasteiger partial charge in [0.15, 0.2) is 16.4 Å². The van der Waals surface area contributed by atoms with Gasteiger partial charge in [-0.25, -0.2) is 0 Å². The number of nitro benzene ring substituents is 1. The number of carbonyl (C=O) groups is 3. The Morgan fingerprint density at radius 1 is 1.05 bits per heavy atom. The predicted octanol–water partition coefficient (Wildman–Crippen LogP) is 3.99. The molecule has 0 radical (unpaired) electrons. The first-order valence-corrected chi connectivity index (χ1v) is 14.8. The molecule has 5 rings (SSSR count). The maximum atomic E-state index is 13.0. The standard InChI is InChI=1S/C28H23N3O9S2/c1-39-23-14-18(10-11-22(23)40-42(37,38)25-9-5-4-8-21(25)31(35)36)15-24-27(33)30(28(34)41-24)17-26(32)29-13-12-19-6-2-3-7-20(19)16-29/h2-11,14-15H,12-13,16-17H2,1H3/b24-15-. The molecule has 3 aromatic carbocycles. The van der Waals surface area contributed by atoms with Crippen LogP contribution in [-0.2, 0) is 32.7 Å². The molecule has 1 saturated heterocycles. The summed E-state index contributed by atoms with van der Waals surface area (Å²) in [6.45, 7) is 0.510. The van der Waals surface area contributed by atoms with E-state index in [0.29, 0.717) is 36.8 Å². The number of fused-ring (bicyclic) bond motifs is 1. The maximum absolute atomic E-state index is 13.0. The first kappa shape index (κ1) is 28.8. The molecule has 14 heteroatoms. The van der Waals surface area contributed by atoms with Crippen molar-refractivity contribution in [1.82, 2.24) is 9.80 Å². The largest absolute Gasteiger partial charge is 0.493 e. The van der Waals surface area contributed by atoms with Crippen molar-refractivity contribution in [1.29, 1.82) is 0 Å². The number of carbonyl (C=O) groups excluding carboxylic acids is 3. The monoisotopic (exact) mass is 609 g/mol. The number of nitro groups is 1. The van der Waals surface area contributed by atoms with Crippen molar-refractivity contribution in [3.05, 3.63) is 98.4 Å². The van der Waals surface area contributed by atoms with Crippen LogP contribution in [0.15, 0.2) is 76.5 Å². The highest BCUT2D eigenvalue weighted by molar-refractivity contribution is 8.18. The van der Waals surface area contributed by atoms with Gasteiger partial charge in [-0.05, 0) is 59.1 Å². The summed E-state index contributed by atoms with van der Waals surface area (Å²) >= 11 is 0.679. The lowest BCUT2D eigenvalue weighted by atomic mass is 10.00. The normalized spacial score (nSPS) is 16.0. The van der Waals surface area contributed by atoms with E-state index in [0.717, 1.165) is 22.6 Å². The van der Waals surface area contributed by atoms with E-state index in [1.54, 1.807) is 4.90 Å². The van der Waals surface area contributed by atoms with Crippen molar-refractivity contribution in [2.24, 2.45) is 0 Å². The van der Waals surface area contributed by atoms with E-state index >= 15 is 0 Å². The van der Waals surface area contributed by atoms with E-state index < -0.39 is 36.8 Å². The second-order valence-corrected chi connectivity index (χ2v) is 11.8. The zero-order chi connectivity index (χ0) is 30.0. The Kier molecular flexibility index (Phi) is 8.00. The summed E-state index contributed by atoms with van der Waals surface area (Å²) < 4.78 is 36.0. The number of thioether (sulfide) groups is 1. The number of nitrogens with zero attached hydrogens (tertiary/aromatic N) is 3. The molecule has 0 bridgehead atoms. The van der Waals surface area contributed by atoms with E-state index in [2.05, 4.69) is 0 Å². The fourth-order valence-corrected chi connectivity index (χ4v) is 6.50. The molecule has 0 unspecified atom stereocenters. The second-order valence-electron chi connectivity index (χ2n) is 9.27. The minimum absolute atomic E-state index is 0.0364. The van der Waals surface area contributed by atoms with Crippen LogP contribution in [0.3, 0.4) is 0 Å². The number of imide groups is 1. The summed E-state index contributed by atoms with van der Waals surface area (Å²) in [5.74, 6) is -1.24. The number of hydrogen-bond acceptors (Lipinski definition) is 10. The average Bonchev–Trinajstić information content (AvgIpc) is 3.24. The van der Waals surface area contributed by atoms with Crippen molar-refractivity contribution < 1.29 is 36.6 Å². The second kappa shape index (κ2) is 11.7. The number of ether oxygens (including phenoxy) is 1. The van der Waals surface area contributed by atoms with Crippen molar-refractivity contribution in [2.75, 3.05) is 20.2 Å². The SMILES string of the molecule is COc1cc(/C=C2\SC(=O)N(CC(=O)N3CCc4ccccc4C3)C2=O)ccc1OS(=O)(=O)c1ccccc1[N+](=O)[O-]. The molecule has 0 aromatic heterocycles. The predicted molar refractivity (Wildman–Crippen MR) is 152 cm³/mol. The van der Waals surface area contributed by atoms with Crippen molar-refractivity contribution in [3.8, 4) is 11.5 Å². The van der Waals surface area contributed by atoms with Gasteiger partial charge in [-0.1, -0.05) is 42.5 Å². The molecule has 0 N–H and O–H groups in total. The average molecular weight is 610 g/mol. The third-order valence-corrected chi connectivity index (χ3v) is 8.86. The maximum Gasteiger partial charge on any atom is 0.346 e. The van der Waals surface area contributed by atoms with Crippen molar-refractivity contribution >= 4 is 50.7 Å². The van der Waals surface area contributed by atoms with Crippen LogP contribution in [0.25, 0.3) is 6.08 Å². The molecular formula is C28H23N3O9S2. The highest BCUT2D eigenvalue weighted by atomic mass is 32.2. The van der Waals surface area contributed by atoms with E-state index in [4.69, 9.17) is 8.92 Å². The topological polar surface area (TPSA) is 153 Å². The smallest absolute Gasteiger partial charge is 0.346 e. The fraction of sp³-hybridized carbons (Fsp3) is 0.179. The Labute approximate surface area is 244 Å². The number of amides is 3. The van der Waals surface area contributed by atoms with Crippen LogP contribution in [0, 0.1) is 10.1 Å². The van der Waals surface area contributed by atoms with Crippen LogP contribution in [-0.4, -0.2) is 60.4 Å². The van der Waals surface area contributed by atoms with E-state index in [-0.39, 0.29) is 28.9 Å². The van der Waals surface area contributed by atoms with E-state index in [1.165, 1.54) is 49.1 Å². The van der Waals surface area contributed by atoms with Gasteiger partial charge in [0.05, 0.1) is 16.9 Å². The summed E-state index contributed by atoms with van der Waals surface area (Å²) in [5.41, 5.74) is 1.93. The van der Waals surface area contributed by atoms with Gasteiger partial charge in [0, 0.05) is 19.2 Å². The van der Waals surface area contributed by atoms with Gasteiger partial charge >= 0.3 is 10.1 Å². The molecule has 0 aliphatic carbocycles. The fourth-order valence-electron chi connectivity index (χ4n) is 4.56. The van der Waals surface area contributed by atoms with E-state index in [1.807, 2.05) is 24.3 Å². The van der Waals surface area contributed by atoms with Gasteiger partial charge in [-0.3, -0.25) is 29.4 Å². The molecule has 2 heterocycles. The zero-order valence-corrected chi connectivity index (χ0v) is 23.7. The number of para-hydroxylation sites is 1. The summed E-state index contributed by atoms with van der Waals surface area (Å²) in [6.07, 6.45) is 2.10. The Hall–Kier alpha value is -4.69. The summed E-state index contributed by atoms with van der Waals surface area (Å²) in [7, 11) is -3.33. The minimum Gasteiger partial charge on any atom is -0.493 e. The number of hydrogen-bond donors (Lipinski definition) is 0. The van der Waals surface area contributed by atoms with E-state index in [9.17, 15) is 32.9 Å². The summed E-state index contributed by atoms with van der Waals surface area (Å²) in [4.78, 5) is 51.1. The Morgan fingerprint density at radius 3 is 2.50 bits per heavy atom. The van der Waals surface area contributed by atoms with Gasteiger partial charge in [-0.2, -0.15) is 8.42 Å². The lowest BCUT2D eigenvalue weighted by Crippen LogP contribution is -2.44. The molecule has 0 atom stereocenters. The molecule has 2 aliphatic heterocycles. The minimum atomic E-state index is -4.60. The molecule has 42 heavy (non-hydrogen) atoms. The molecule has 1 fully saturated rings. The van der Waals surface area contributed by atoms with Crippen molar-refractivity contribution in [2.45, 2.75) is 17.9 Å². The zero-order valence-electron chi connectivity index (χ0n) is 22.1. The molecule has 0 saturated carbocycles. The molecule has 3 amide bonds. The van der Waals surface area contributed by atoms with Crippen LogP contribution in [0.5, 0.6) is 11.5 Å². The first-order valence-electron chi connectivity index (χ1n) is 12.5. The van der Waals surface area contributed by atoms with Crippen LogP contribution in [0.2, 0.25) is 0 Å². The lowest BCUT2D eigenvalue weighted by Gasteiger charge is -2.29. The number of rotatable bonds is 8. The van der Waals surface area contributed by atoms with Gasteiger partial charge in [-0.15, -0.1) is 0 Å². The molecule has 216 valence electrons. The highest BCUT2D eigenvalue weighted by Gasteiger charge is 2.37. The van der Waals surface area contributed by atoms with Gasteiger partial charge < -0.3 is 13.8 Å². The summed E-state index contributed by atoms with van der Waals surface area (Å²) in [5, 5.41) is 10.7. The summed E-state index contributed by atoms with van der Waals surface area (Å²) in [6, 6.07) is 16.6. The molecule has 3 aromatic rings. The van der Waals surface area contributed by atoms with Gasteiger partial charge in [0.2, 0.25) is 5.91 Å². The molecule has 0 spiro atoms. The van der Waals surface area contributed by atoms with Crippen LogP contribution >= 0.6 is 11.8 Å². The third kappa shape index (κ3) is 5.85. The molecular weight excluding hydrogens is 586 g/mol. The lowest BCUT2D eigenvalue weighted by molar-refractivity contribution is -0.387. The number of methoxy groups -OCH3 is 1. The van der Waals surface area contributed by atoms with Crippen LogP contribution in [0.4, 0.5) is 10.5 Å².